The van der Waals surface area contributed by atoms with E-state index < -0.39 is 0 Å². The summed E-state index contributed by atoms with van der Waals surface area (Å²) in [5, 5.41) is 3.38. The first-order valence-electron chi connectivity index (χ1n) is 10.1. The van der Waals surface area contributed by atoms with Crippen LogP contribution < -0.4 is 11.2 Å². The topological polar surface area (TPSA) is 41.3 Å². The van der Waals surface area contributed by atoms with Gasteiger partial charge in [0.05, 0.1) is 0 Å². The normalized spacial score (nSPS) is 21.1. The summed E-state index contributed by atoms with van der Waals surface area (Å²) in [4.78, 5) is 1.32. The van der Waals surface area contributed by atoms with Gasteiger partial charge >= 0.3 is 0 Å². The molecular formula is C23H37N3S. The van der Waals surface area contributed by atoms with Gasteiger partial charge in [0, 0.05) is 17.0 Å². The number of hydrazine groups is 1. The van der Waals surface area contributed by atoms with Crippen LogP contribution >= 0.6 is 11.9 Å². The third-order valence-electron chi connectivity index (χ3n) is 6.11. The lowest BCUT2D eigenvalue weighted by Crippen LogP contribution is -2.42. The van der Waals surface area contributed by atoms with E-state index in [2.05, 4.69) is 59.2 Å². The number of hydrogen-bond acceptors (Lipinski definition) is 4. The highest BCUT2D eigenvalue weighted by Crippen LogP contribution is 2.37. The minimum absolute atomic E-state index is 0.330. The zero-order chi connectivity index (χ0) is 20.1. The zero-order valence-corrected chi connectivity index (χ0v) is 18.6. The molecule has 3 N–H and O–H groups in total. The molecule has 4 heteroatoms. The molecule has 0 heterocycles. The van der Waals surface area contributed by atoms with Crippen LogP contribution in [-0.4, -0.2) is 16.5 Å². The van der Waals surface area contributed by atoms with Crippen LogP contribution in [0.2, 0.25) is 0 Å². The van der Waals surface area contributed by atoms with Gasteiger partial charge < -0.3 is 5.32 Å². The zero-order valence-electron chi connectivity index (χ0n) is 17.8. The van der Waals surface area contributed by atoms with Gasteiger partial charge in [0.1, 0.15) is 0 Å². The van der Waals surface area contributed by atoms with Gasteiger partial charge in [-0.1, -0.05) is 31.7 Å². The molecule has 0 amide bonds. The monoisotopic (exact) mass is 387 g/mol. The second kappa shape index (κ2) is 9.81. The number of nitrogens with two attached hydrogens (primary N) is 1. The maximum absolute atomic E-state index is 6.53. The van der Waals surface area contributed by atoms with Crippen LogP contribution in [0.25, 0.3) is 0 Å². The summed E-state index contributed by atoms with van der Waals surface area (Å²) < 4.78 is 2.01. The van der Waals surface area contributed by atoms with Crippen molar-refractivity contribution in [2.45, 2.75) is 83.7 Å². The highest BCUT2D eigenvalue weighted by atomic mass is 32.2. The number of benzene rings is 1. The van der Waals surface area contributed by atoms with Gasteiger partial charge in [0.2, 0.25) is 0 Å². The van der Waals surface area contributed by atoms with Crippen LogP contribution in [0.3, 0.4) is 0 Å². The SMILES string of the molecule is C=CNC(C(=C)C)C1CCC(N(N)Sc2c(C)cc(CC)c(C)c2C)CC1. The minimum atomic E-state index is 0.330. The Morgan fingerprint density at radius 1 is 1.30 bits per heavy atom. The average Bonchev–Trinajstić information content (AvgIpc) is 2.65. The lowest BCUT2D eigenvalue weighted by Gasteiger charge is -2.37. The molecule has 1 aliphatic rings. The molecule has 0 spiro atoms. The van der Waals surface area contributed by atoms with E-state index in [1.807, 2.05) is 4.41 Å². The smallest absolute Gasteiger partial charge is 0.0490 e. The van der Waals surface area contributed by atoms with Crippen molar-refractivity contribution in [2.75, 3.05) is 0 Å². The second-order valence-corrected chi connectivity index (χ2v) is 9.01. The van der Waals surface area contributed by atoms with Gasteiger partial charge in [-0.15, -0.1) is 0 Å². The average molecular weight is 388 g/mol. The Labute approximate surface area is 170 Å². The second-order valence-electron chi connectivity index (χ2n) is 8.00. The van der Waals surface area contributed by atoms with Crippen LogP contribution in [0.15, 0.2) is 35.9 Å². The third-order valence-corrected chi connectivity index (χ3v) is 7.43. The highest BCUT2D eigenvalue weighted by Gasteiger charge is 2.30. The first-order valence-corrected chi connectivity index (χ1v) is 10.9. The van der Waals surface area contributed by atoms with Crippen LogP contribution in [0.5, 0.6) is 0 Å². The molecule has 0 bridgehead atoms. The molecule has 1 aliphatic carbocycles. The van der Waals surface area contributed by atoms with Crippen molar-refractivity contribution in [3.8, 4) is 0 Å². The fraction of sp³-hybridized carbons (Fsp3) is 0.565. The number of nitrogens with zero attached hydrogens (tertiary/aromatic N) is 1. The van der Waals surface area contributed by atoms with E-state index in [9.17, 15) is 0 Å². The van der Waals surface area contributed by atoms with E-state index in [1.54, 1.807) is 18.1 Å². The van der Waals surface area contributed by atoms with Crippen LogP contribution in [0, 0.1) is 26.7 Å². The molecule has 0 radical (unpaired) electrons. The fourth-order valence-corrected chi connectivity index (χ4v) is 5.39. The fourth-order valence-electron chi connectivity index (χ4n) is 4.33. The number of hydrogen-bond donors (Lipinski definition) is 2. The Hall–Kier alpha value is -1.23. The Morgan fingerprint density at radius 3 is 2.44 bits per heavy atom. The Balaban J connectivity index is 2.03. The predicted molar refractivity (Wildman–Crippen MR) is 120 cm³/mol. The largest absolute Gasteiger partial charge is 0.385 e. The molecular weight excluding hydrogens is 350 g/mol. The number of aryl methyl sites for hydroxylation is 2. The van der Waals surface area contributed by atoms with Gasteiger partial charge in [-0.25, -0.2) is 0 Å². The molecule has 1 atom stereocenters. The molecule has 150 valence electrons. The maximum atomic E-state index is 6.53. The molecule has 27 heavy (non-hydrogen) atoms. The molecule has 1 fully saturated rings. The lowest BCUT2D eigenvalue weighted by atomic mass is 9.80. The van der Waals surface area contributed by atoms with Crippen molar-refractivity contribution >= 4 is 11.9 Å². The lowest BCUT2D eigenvalue weighted by molar-refractivity contribution is 0.211. The summed E-state index contributed by atoms with van der Waals surface area (Å²) in [6.45, 7) is 19.0. The highest BCUT2D eigenvalue weighted by molar-refractivity contribution is 7.97. The van der Waals surface area contributed by atoms with Crippen LogP contribution in [0.1, 0.15) is 61.8 Å². The van der Waals surface area contributed by atoms with Gasteiger partial charge in [0.25, 0.3) is 0 Å². The summed E-state index contributed by atoms with van der Waals surface area (Å²) in [5.74, 6) is 7.14. The Bertz CT molecular complexity index is 675. The Kier molecular flexibility index (Phi) is 8.02. The van der Waals surface area contributed by atoms with Crippen molar-refractivity contribution < 1.29 is 0 Å². The van der Waals surface area contributed by atoms with Gasteiger partial charge in [0.15, 0.2) is 0 Å². The van der Waals surface area contributed by atoms with E-state index >= 15 is 0 Å². The molecule has 1 saturated carbocycles. The predicted octanol–water partition coefficient (Wildman–Crippen LogP) is 5.59. The van der Waals surface area contributed by atoms with E-state index in [0.717, 1.165) is 19.3 Å². The van der Waals surface area contributed by atoms with Gasteiger partial charge in [-0.3, -0.25) is 5.84 Å². The molecule has 3 nitrogen and oxygen atoms in total. The van der Waals surface area contributed by atoms with Gasteiger partial charge in [-0.2, -0.15) is 4.41 Å². The number of rotatable bonds is 8. The van der Waals surface area contributed by atoms with Crippen molar-refractivity contribution in [3.05, 3.63) is 53.3 Å². The van der Waals surface area contributed by atoms with E-state index in [1.165, 1.54) is 45.6 Å². The van der Waals surface area contributed by atoms with Crippen LogP contribution in [0.4, 0.5) is 0 Å². The Morgan fingerprint density at radius 2 is 1.93 bits per heavy atom. The summed E-state index contributed by atoms with van der Waals surface area (Å²) >= 11 is 1.72. The van der Waals surface area contributed by atoms with Crippen molar-refractivity contribution in [2.24, 2.45) is 11.8 Å². The molecule has 0 saturated heterocycles. The third kappa shape index (κ3) is 5.18. The molecule has 1 unspecified atom stereocenters. The quantitative estimate of drug-likeness (QED) is 0.264. The minimum Gasteiger partial charge on any atom is -0.385 e. The number of nitrogens with one attached hydrogen (secondary N) is 1. The molecule has 1 aromatic carbocycles. The van der Waals surface area contributed by atoms with Crippen LogP contribution in [-0.2, 0) is 6.42 Å². The molecule has 0 aromatic heterocycles. The summed E-state index contributed by atoms with van der Waals surface area (Å²) in [6, 6.07) is 3.08. The van der Waals surface area contributed by atoms with Crippen molar-refractivity contribution in [1.29, 1.82) is 0 Å². The first kappa shape index (κ1) is 22.1. The van der Waals surface area contributed by atoms with Crippen molar-refractivity contribution in [3.63, 3.8) is 0 Å². The summed E-state index contributed by atoms with van der Waals surface area (Å²) in [6.07, 6.45) is 7.47. The molecule has 2 rings (SSSR count). The van der Waals surface area contributed by atoms with Crippen molar-refractivity contribution in [1.82, 2.24) is 9.73 Å². The summed E-state index contributed by atoms with van der Waals surface area (Å²) in [7, 11) is 0. The van der Waals surface area contributed by atoms with E-state index in [-0.39, 0.29) is 0 Å². The van der Waals surface area contributed by atoms with E-state index in [4.69, 9.17) is 5.84 Å². The molecule has 0 aliphatic heterocycles. The molecule has 1 aromatic rings. The maximum Gasteiger partial charge on any atom is 0.0490 e. The van der Waals surface area contributed by atoms with E-state index in [0.29, 0.717) is 18.0 Å². The van der Waals surface area contributed by atoms with Gasteiger partial charge in [-0.05, 0) is 106 Å². The first-order chi connectivity index (χ1) is 12.8. The summed E-state index contributed by atoms with van der Waals surface area (Å²) in [5.41, 5.74) is 6.75. The standard InChI is InChI=1S/C23H37N3S/c1-8-19-14-16(5)23(18(7)17(19)6)27-26(24)21-12-10-20(11-13-21)22(15(3)4)25-9-2/h9,14,20-22,25H,2-3,8,10-13,24H2,1,4-7H3.